The van der Waals surface area contributed by atoms with Crippen molar-refractivity contribution in [1.29, 1.82) is 0 Å². The van der Waals surface area contributed by atoms with Gasteiger partial charge < -0.3 is 5.32 Å². The molecule has 5 heteroatoms. The van der Waals surface area contributed by atoms with Crippen molar-refractivity contribution < 1.29 is 0 Å². The molecule has 12 heavy (non-hydrogen) atoms. The first-order chi connectivity index (χ1) is 5.95. The zero-order chi connectivity index (χ0) is 8.23. The summed E-state index contributed by atoms with van der Waals surface area (Å²) in [5.41, 5.74) is 1.76. The summed E-state index contributed by atoms with van der Waals surface area (Å²) in [6.07, 6.45) is 2.59. The second-order valence-electron chi connectivity index (χ2n) is 2.80. The van der Waals surface area contributed by atoms with Gasteiger partial charge >= 0.3 is 0 Å². The number of aromatic nitrogens is 2. The second-order valence-corrected chi connectivity index (χ2v) is 4.79. The lowest BCUT2D eigenvalue weighted by atomic mass is 10.2. The third-order valence-electron chi connectivity index (χ3n) is 1.85. The molecule has 1 N–H and O–H groups in total. The molecule has 0 spiro atoms. The number of hydrogen-bond donors (Lipinski definition) is 1. The third-order valence-corrected chi connectivity index (χ3v) is 3.69. The summed E-state index contributed by atoms with van der Waals surface area (Å²) < 4.78 is 0. The summed E-state index contributed by atoms with van der Waals surface area (Å²) in [6, 6.07) is 0.608. The molecular formula is C7H11N3S2. The van der Waals surface area contributed by atoms with Crippen molar-refractivity contribution in [2.75, 3.05) is 16.8 Å². The number of nitrogens with zero attached hydrogens (tertiary/aromatic N) is 2. The predicted molar refractivity (Wildman–Crippen MR) is 53.9 cm³/mol. The van der Waals surface area contributed by atoms with Crippen molar-refractivity contribution in [1.82, 2.24) is 10.2 Å². The summed E-state index contributed by atoms with van der Waals surface area (Å²) in [5.74, 6) is 2.52. The van der Waals surface area contributed by atoms with Gasteiger partial charge in [0, 0.05) is 11.8 Å². The highest BCUT2D eigenvalue weighted by Crippen LogP contribution is 2.21. The highest BCUT2D eigenvalue weighted by Gasteiger charge is 2.13. The van der Waals surface area contributed by atoms with E-state index in [0.29, 0.717) is 6.04 Å². The van der Waals surface area contributed by atoms with E-state index < -0.39 is 0 Å². The highest BCUT2D eigenvalue weighted by molar-refractivity contribution is 7.99. The molecule has 0 aromatic carbocycles. The van der Waals surface area contributed by atoms with Gasteiger partial charge in [0.1, 0.15) is 5.51 Å². The summed E-state index contributed by atoms with van der Waals surface area (Å²) in [5, 5.41) is 12.1. The molecule has 1 aromatic rings. The van der Waals surface area contributed by atoms with Crippen molar-refractivity contribution in [2.45, 2.75) is 18.9 Å². The van der Waals surface area contributed by atoms with Crippen molar-refractivity contribution in [3.8, 4) is 0 Å². The van der Waals surface area contributed by atoms with E-state index >= 15 is 0 Å². The van der Waals surface area contributed by atoms with E-state index in [0.717, 1.165) is 5.13 Å². The van der Waals surface area contributed by atoms with Crippen LogP contribution in [0.2, 0.25) is 0 Å². The first-order valence-corrected chi connectivity index (χ1v) is 6.09. The fraction of sp³-hybridized carbons (Fsp3) is 0.714. The molecule has 0 amide bonds. The molecule has 0 radical (unpaired) electrons. The largest absolute Gasteiger partial charge is 0.357 e. The Bertz CT molecular complexity index is 219. The summed E-state index contributed by atoms with van der Waals surface area (Å²) in [6.45, 7) is 0. The Morgan fingerprint density at radius 1 is 1.58 bits per heavy atom. The quantitative estimate of drug-likeness (QED) is 0.792. The van der Waals surface area contributed by atoms with E-state index in [1.54, 1.807) is 16.8 Å². The van der Waals surface area contributed by atoms with Crippen molar-refractivity contribution in [3.05, 3.63) is 5.51 Å². The molecule has 0 aliphatic carbocycles. The van der Waals surface area contributed by atoms with Crippen LogP contribution in [0.4, 0.5) is 5.13 Å². The Kier molecular flexibility index (Phi) is 2.83. The van der Waals surface area contributed by atoms with Crippen LogP contribution in [0.1, 0.15) is 12.8 Å². The molecule has 1 saturated heterocycles. The number of anilines is 1. The van der Waals surface area contributed by atoms with Crippen LogP contribution >= 0.6 is 23.1 Å². The molecule has 1 fully saturated rings. The van der Waals surface area contributed by atoms with Gasteiger partial charge in [0.2, 0.25) is 5.13 Å². The lowest BCUT2D eigenvalue weighted by Gasteiger charge is -2.21. The van der Waals surface area contributed by atoms with Crippen LogP contribution in [0, 0.1) is 0 Å². The number of thioether (sulfide) groups is 1. The zero-order valence-electron chi connectivity index (χ0n) is 6.69. The van der Waals surface area contributed by atoms with E-state index in [2.05, 4.69) is 15.5 Å². The molecule has 1 unspecified atom stereocenters. The Hall–Kier alpha value is -0.290. The van der Waals surface area contributed by atoms with Crippen molar-refractivity contribution in [3.63, 3.8) is 0 Å². The molecule has 66 valence electrons. The minimum atomic E-state index is 0.608. The van der Waals surface area contributed by atoms with Gasteiger partial charge in [0.25, 0.3) is 0 Å². The average molecular weight is 201 g/mol. The maximum Gasteiger partial charge on any atom is 0.205 e. The van der Waals surface area contributed by atoms with Gasteiger partial charge in [-0.1, -0.05) is 11.3 Å². The van der Waals surface area contributed by atoms with Crippen LogP contribution in [0.15, 0.2) is 5.51 Å². The Morgan fingerprint density at radius 3 is 3.25 bits per heavy atom. The van der Waals surface area contributed by atoms with Crippen molar-refractivity contribution >= 4 is 28.2 Å². The SMILES string of the molecule is c1nnc(NC2CCCSC2)s1. The molecule has 3 nitrogen and oxygen atoms in total. The lowest BCUT2D eigenvalue weighted by Crippen LogP contribution is -2.25. The van der Waals surface area contributed by atoms with Gasteiger partial charge in [-0.15, -0.1) is 10.2 Å². The van der Waals surface area contributed by atoms with E-state index in [1.807, 2.05) is 11.8 Å². The fourth-order valence-electron chi connectivity index (χ4n) is 1.27. The topological polar surface area (TPSA) is 37.8 Å². The van der Waals surface area contributed by atoms with E-state index in [4.69, 9.17) is 0 Å². The second kappa shape index (κ2) is 4.09. The molecule has 1 aromatic heterocycles. The van der Waals surface area contributed by atoms with Crippen LogP contribution in [0.3, 0.4) is 0 Å². The number of hydrogen-bond acceptors (Lipinski definition) is 5. The zero-order valence-corrected chi connectivity index (χ0v) is 8.33. The summed E-state index contributed by atoms with van der Waals surface area (Å²) in [4.78, 5) is 0. The van der Waals surface area contributed by atoms with Gasteiger partial charge in [-0.3, -0.25) is 0 Å². The van der Waals surface area contributed by atoms with E-state index in [9.17, 15) is 0 Å². The van der Waals surface area contributed by atoms with Crippen LogP contribution in [0.25, 0.3) is 0 Å². The first kappa shape index (κ1) is 8.31. The Morgan fingerprint density at radius 2 is 2.58 bits per heavy atom. The minimum absolute atomic E-state index is 0.608. The summed E-state index contributed by atoms with van der Waals surface area (Å²) in [7, 11) is 0. The molecule has 0 bridgehead atoms. The Labute approximate surface area is 80.0 Å². The van der Waals surface area contributed by atoms with Crippen LogP contribution in [-0.4, -0.2) is 27.7 Å². The van der Waals surface area contributed by atoms with E-state index in [1.165, 1.54) is 24.3 Å². The highest BCUT2D eigenvalue weighted by atomic mass is 32.2. The molecule has 1 aliphatic rings. The number of nitrogens with one attached hydrogen (secondary N) is 1. The monoisotopic (exact) mass is 201 g/mol. The molecule has 2 rings (SSSR count). The van der Waals surface area contributed by atoms with Gasteiger partial charge in [0.15, 0.2) is 0 Å². The maximum absolute atomic E-state index is 3.96. The third kappa shape index (κ3) is 2.10. The minimum Gasteiger partial charge on any atom is -0.357 e. The molecule has 1 aliphatic heterocycles. The lowest BCUT2D eigenvalue weighted by molar-refractivity contribution is 0.683. The smallest absolute Gasteiger partial charge is 0.205 e. The number of rotatable bonds is 2. The summed E-state index contributed by atoms with van der Waals surface area (Å²) >= 11 is 3.59. The fourth-order valence-corrected chi connectivity index (χ4v) is 2.86. The van der Waals surface area contributed by atoms with Crippen LogP contribution < -0.4 is 5.32 Å². The van der Waals surface area contributed by atoms with Gasteiger partial charge in [0.05, 0.1) is 0 Å². The van der Waals surface area contributed by atoms with Crippen LogP contribution in [0.5, 0.6) is 0 Å². The molecule has 0 saturated carbocycles. The van der Waals surface area contributed by atoms with Crippen LogP contribution in [-0.2, 0) is 0 Å². The maximum atomic E-state index is 3.96. The van der Waals surface area contributed by atoms with Gasteiger partial charge in [-0.05, 0) is 18.6 Å². The van der Waals surface area contributed by atoms with Gasteiger partial charge in [-0.2, -0.15) is 11.8 Å². The standard InChI is InChI=1S/C7H11N3S2/c1-2-6(4-11-3-1)9-7-10-8-5-12-7/h5-6H,1-4H2,(H,9,10). The normalized spacial score (nSPS) is 23.8. The first-order valence-electron chi connectivity index (χ1n) is 4.05. The molecular weight excluding hydrogens is 190 g/mol. The Balaban J connectivity index is 1.86. The molecule has 2 heterocycles. The molecule has 1 atom stereocenters. The predicted octanol–water partition coefficient (Wildman–Crippen LogP) is 1.85. The van der Waals surface area contributed by atoms with Crippen molar-refractivity contribution in [2.24, 2.45) is 0 Å². The van der Waals surface area contributed by atoms with Gasteiger partial charge in [-0.25, -0.2) is 0 Å². The average Bonchev–Trinajstić information content (AvgIpc) is 2.59. The van der Waals surface area contributed by atoms with E-state index in [-0.39, 0.29) is 0 Å².